The zero-order valence-corrected chi connectivity index (χ0v) is 14.7. The summed E-state index contributed by atoms with van der Waals surface area (Å²) in [4.78, 5) is 16.2. The number of alkyl halides is 2. The van der Waals surface area contributed by atoms with Crippen LogP contribution in [0, 0.1) is 0 Å². The Balaban J connectivity index is 1.62. The molecular weight excluding hydrogens is 362 g/mol. The molecule has 4 N–H and O–H groups in total. The van der Waals surface area contributed by atoms with Crippen molar-refractivity contribution in [3.05, 3.63) is 52.8 Å². The number of halogens is 3. The third-order valence-electron chi connectivity index (χ3n) is 4.48. The first-order valence-electron chi connectivity index (χ1n) is 8.24. The van der Waals surface area contributed by atoms with Crippen LogP contribution in [-0.2, 0) is 11.3 Å². The Morgan fingerprint density at radius 3 is 2.65 bits per heavy atom. The van der Waals surface area contributed by atoms with Crippen molar-refractivity contribution in [3.8, 4) is 0 Å². The highest BCUT2D eigenvalue weighted by Crippen LogP contribution is 2.32. The number of pyridine rings is 1. The maximum atomic E-state index is 13.1. The van der Waals surface area contributed by atoms with Gasteiger partial charge in [0.2, 0.25) is 5.91 Å². The van der Waals surface area contributed by atoms with Gasteiger partial charge in [0.1, 0.15) is 0 Å². The summed E-state index contributed by atoms with van der Waals surface area (Å²) in [6.45, 7) is 0.265. The van der Waals surface area contributed by atoms with E-state index in [1.165, 1.54) is 24.4 Å². The molecule has 0 spiro atoms. The van der Waals surface area contributed by atoms with E-state index in [1.807, 2.05) is 0 Å². The van der Waals surface area contributed by atoms with E-state index in [4.69, 9.17) is 17.3 Å². The van der Waals surface area contributed by atoms with Crippen molar-refractivity contribution in [1.29, 1.82) is 0 Å². The summed E-state index contributed by atoms with van der Waals surface area (Å²) in [5, 5.41) is 5.94. The topological polar surface area (TPSA) is 80.0 Å². The highest BCUT2D eigenvalue weighted by molar-refractivity contribution is 6.30. The van der Waals surface area contributed by atoms with Crippen molar-refractivity contribution in [3.63, 3.8) is 0 Å². The molecule has 0 atom stereocenters. The van der Waals surface area contributed by atoms with Gasteiger partial charge in [-0.25, -0.2) is 8.78 Å². The average Bonchev–Trinajstić information content (AvgIpc) is 2.60. The molecule has 0 radical (unpaired) electrons. The van der Waals surface area contributed by atoms with Crippen LogP contribution in [0.1, 0.15) is 36.9 Å². The van der Waals surface area contributed by atoms with Gasteiger partial charge >= 0.3 is 0 Å². The van der Waals surface area contributed by atoms with Crippen LogP contribution in [0.5, 0.6) is 0 Å². The van der Waals surface area contributed by atoms with Gasteiger partial charge in [-0.05, 0) is 49.6 Å². The fourth-order valence-electron chi connectivity index (χ4n) is 2.72. The maximum Gasteiger partial charge on any atom is 0.265 e. The lowest BCUT2D eigenvalue weighted by molar-refractivity contribution is -0.129. The molecule has 8 heteroatoms. The lowest BCUT2D eigenvalue weighted by atomic mass is 9.77. The van der Waals surface area contributed by atoms with E-state index in [0.717, 1.165) is 6.42 Å². The Kier molecular flexibility index (Phi) is 5.38. The quantitative estimate of drug-likeness (QED) is 0.709. The third kappa shape index (κ3) is 4.11. The second-order valence-corrected chi connectivity index (χ2v) is 6.82. The minimum atomic E-state index is -2.64. The lowest BCUT2D eigenvalue weighted by Crippen LogP contribution is -2.58. The van der Waals surface area contributed by atoms with E-state index >= 15 is 0 Å². The molecule has 0 unspecified atom stereocenters. The van der Waals surface area contributed by atoms with Crippen LogP contribution in [0.4, 0.5) is 20.2 Å². The summed E-state index contributed by atoms with van der Waals surface area (Å²) in [6.07, 6.45) is 1.24. The fraction of sp³-hybridized carbons (Fsp3) is 0.333. The van der Waals surface area contributed by atoms with Crippen LogP contribution in [0.25, 0.3) is 0 Å². The predicted molar refractivity (Wildman–Crippen MR) is 96.5 cm³/mol. The fourth-order valence-corrected chi connectivity index (χ4v) is 2.90. The van der Waals surface area contributed by atoms with Crippen molar-refractivity contribution in [1.82, 2.24) is 10.3 Å². The summed E-state index contributed by atoms with van der Waals surface area (Å²) >= 11 is 5.77. The molecule has 1 aromatic heterocycles. The Bertz CT molecular complexity index is 794. The lowest BCUT2D eigenvalue weighted by Gasteiger charge is -2.36. The molecule has 3 rings (SSSR count). The van der Waals surface area contributed by atoms with Crippen LogP contribution >= 0.6 is 11.6 Å². The molecule has 0 saturated heterocycles. The molecular formula is C18H19ClF2N4O. The largest absolute Gasteiger partial charge is 0.354 e. The molecule has 138 valence electrons. The number of nitrogens with two attached hydrogens (primary N) is 1. The molecule has 2 aromatic rings. The second-order valence-electron chi connectivity index (χ2n) is 6.39. The monoisotopic (exact) mass is 380 g/mol. The molecule has 1 saturated carbocycles. The standard InChI is InChI=1S/C18H19ClF2N4O/c19-11-2-5-15(14(8-11)16(20)21)25-13-4-3-12(23-10-13)9-24-17(26)18(22)6-1-7-18/h2-5,8,10,16,25H,1,6-7,9,22H2,(H,24,26). The van der Waals surface area contributed by atoms with E-state index in [2.05, 4.69) is 15.6 Å². The average molecular weight is 381 g/mol. The van der Waals surface area contributed by atoms with Gasteiger partial charge in [-0.1, -0.05) is 11.6 Å². The molecule has 5 nitrogen and oxygen atoms in total. The summed E-state index contributed by atoms with van der Waals surface area (Å²) in [5.41, 5.74) is 6.50. The Labute approximate surface area is 154 Å². The summed E-state index contributed by atoms with van der Waals surface area (Å²) in [7, 11) is 0. The van der Waals surface area contributed by atoms with Crippen LogP contribution in [0.15, 0.2) is 36.5 Å². The molecule has 1 aliphatic carbocycles. The summed E-state index contributed by atoms with van der Waals surface area (Å²) in [5.74, 6) is -0.171. The smallest absolute Gasteiger partial charge is 0.265 e. The molecule has 0 bridgehead atoms. The van der Waals surface area contributed by atoms with E-state index in [0.29, 0.717) is 24.2 Å². The Morgan fingerprint density at radius 2 is 2.08 bits per heavy atom. The molecule has 26 heavy (non-hydrogen) atoms. The number of carbonyl (C=O) groups excluding carboxylic acids is 1. The summed E-state index contributed by atoms with van der Waals surface area (Å²) < 4.78 is 26.2. The highest BCUT2D eigenvalue weighted by atomic mass is 35.5. The number of hydrogen-bond donors (Lipinski definition) is 3. The second kappa shape index (κ2) is 7.55. The van der Waals surface area contributed by atoms with Crippen molar-refractivity contribution in [2.75, 3.05) is 5.32 Å². The van der Waals surface area contributed by atoms with Crippen molar-refractivity contribution in [2.24, 2.45) is 5.73 Å². The van der Waals surface area contributed by atoms with E-state index < -0.39 is 12.0 Å². The molecule has 0 aliphatic heterocycles. The number of carbonyl (C=O) groups is 1. The van der Waals surface area contributed by atoms with Gasteiger partial charge in [0.05, 0.1) is 29.7 Å². The van der Waals surface area contributed by atoms with Crippen molar-refractivity contribution < 1.29 is 13.6 Å². The normalized spacial score (nSPS) is 15.4. The Morgan fingerprint density at radius 1 is 1.31 bits per heavy atom. The van der Waals surface area contributed by atoms with Crippen LogP contribution in [0.3, 0.4) is 0 Å². The Hall–Kier alpha value is -2.25. The SMILES string of the molecule is NC1(C(=O)NCc2ccc(Nc3ccc(Cl)cc3C(F)F)cn2)CCC1. The van der Waals surface area contributed by atoms with Gasteiger partial charge in [0, 0.05) is 16.3 Å². The van der Waals surface area contributed by atoms with E-state index in [9.17, 15) is 13.6 Å². The first kappa shape index (κ1) is 18.5. The first-order valence-corrected chi connectivity index (χ1v) is 8.62. The van der Waals surface area contributed by atoms with Gasteiger partial charge in [-0.2, -0.15) is 0 Å². The van der Waals surface area contributed by atoms with E-state index in [-0.39, 0.29) is 28.7 Å². The van der Waals surface area contributed by atoms with Crippen LogP contribution < -0.4 is 16.4 Å². The maximum absolute atomic E-state index is 13.1. The van der Waals surface area contributed by atoms with Gasteiger partial charge < -0.3 is 16.4 Å². The minimum Gasteiger partial charge on any atom is -0.354 e. The number of aromatic nitrogens is 1. The number of amides is 1. The van der Waals surface area contributed by atoms with Gasteiger partial charge in [0.25, 0.3) is 6.43 Å². The number of nitrogens with one attached hydrogen (secondary N) is 2. The van der Waals surface area contributed by atoms with E-state index in [1.54, 1.807) is 12.1 Å². The van der Waals surface area contributed by atoms with Crippen LogP contribution in [-0.4, -0.2) is 16.4 Å². The molecule has 1 fully saturated rings. The number of nitrogens with zero attached hydrogens (tertiary/aromatic N) is 1. The number of hydrogen-bond acceptors (Lipinski definition) is 4. The van der Waals surface area contributed by atoms with Gasteiger partial charge in [-0.15, -0.1) is 0 Å². The number of benzene rings is 1. The molecule has 1 aromatic carbocycles. The first-order chi connectivity index (χ1) is 12.4. The van der Waals surface area contributed by atoms with Crippen LogP contribution in [0.2, 0.25) is 5.02 Å². The molecule has 1 heterocycles. The van der Waals surface area contributed by atoms with Crippen molar-refractivity contribution >= 4 is 28.9 Å². The van der Waals surface area contributed by atoms with Gasteiger partial charge in [-0.3, -0.25) is 9.78 Å². The van der Waals surface area contributed by atoms with Gasteiger partial charge in [0.15, 0.2) is 0 Å². The predicted octanol–water partition coefficient (Wildman–Crippen LogP) is 3.91. The summed E-state index contributed by atoms with van der Waals surface area (Å²) in [6, 6.07) is 7.69. The minimum absolute atomic E-state index is 0.171. The number of anilines is 2. The number of rotatable bonds is 6. The molecule has 1 amide bonds. The highest BCUT2D eigenvalue weighted by Gasteiger charge is 2.39. The van der Waals surface area contributed by atoms with Crippen molar-refractivity contribution in [2.45, 2.75) is 37.8 Å². The molecule has 1 aliphatic rings. The zero-order chi connectivity index (χ0) is 18.7. The third-order valence-corrected chi connectivity index (χ3v) is 4.72. The zero-order valence-electron chi connectivity index (χ0n) is 13.9.